The zero-order valence-electron chi connectivity index (χ0n) is 14.4. The van der Waals surface area contributed by atoms with Gasteiger partial charge in [-0.3, -0.25) is 0 Å². The second-order valence-electron chi connectivity index (χ2n) is 5.79. The highest BCUT2D eigenvalue weighted by Crippen LogP contribution is 2.19. The number of hydrogen-bond donors (Lipinski definition) is 3. The second kappa shape index (κ2) is 9.68. The van der Waals surface area contributed by atoms with E-state index < -0.39 is 5.60 Å². The number of guanidine groups is 1. The average molecular weight is 443 g/mol. The van der Waals surface area contributed by atoms with Crippen LogP contribution in [0, 0.1) is 6.92 Å². The summed E-state index contributed by atoms with van der Waals surface area (Å²) in [4.78, 5) is 4.56. The predicted molar refractivity (Wildman–Crippen MR) is 108 cm³/mol. The highest BCUT2D eigenvalue weighted by atomic mass is 127. The Morgan fingerprint density at radius 2 is 2.04 bits per heavy atom. The van der Waals surface area contributed by atoms with Gasteiger partial charge in [0.15, 0.2) is 5.96 Å². The van der Waals surface area contributed by atoms with E-state index in [0.29, 0.717) is 24.8 Å². The lowest BCUT2D eigenvalue weighted by molar-refractivity contribution is 0.0386. The summed E-state index contributed by atoms with van der Waals surface area (Å²) in [6.45, 7) is 7.43. The molecule has 1 unspecified atom stereocenters. The smallest absolute Gasteiger partial charge is 0.191 e. The standard InChI is InChI=1S/C18H25N3O2.HI/c1-4-19-17(20-12-15-8-5-7-14(2)11-15)21-13-18(3,22)16-9-6-10-23-16;/h5-11,22H,4,12-13H2,1-3H3,(H2,19,20,21);1H. The molecule has 3 N–H and O–H groups in total. The highest BCUT2D eigenvalue weighted by Gasteiger charge is 2.26. The second-order valence-corrected chi connectivity index (χ2v) is 5.79. The van der Waals surface area contributed by atoms with Gasteiger partial charge in [0.2, 0.25) is 0 Å². The summed E-state index contributed by atoms with van der Waals surface area (Å²) in [7, 11) is 0. The molecule has 1 aromatic carbocycles. The number of benzene rings is 1. The van der Waals surface area contributed by atoms with Crippen molar-refractivity contribution in [2.24, 2.45) is 4.99 Å². The fraction of sp³-hybridized carbons (Fsp3) is 0.389. The Labute approximate surface area is 160 Å². The zero-order valence-corrected chi connectivity index (χ0v) is 16.7. The fourth-order valence-corrected chi connectivity index (χ4v) is 2.25. The minimum Gasteiger partial charge on any atom is -0.466 e. The van der Waals surface area contributed by atoms with Crippen LogP contribution in [-0.4, -0.2) is 24.2 Å². The Morgan fingerprint density at radius 3 is 2.67 bits per heavy atom. The third-order valence-electron chi connectivity index (χ3n) is 3.50. The lowest BCUT2D eigenvalue weighted by Crippen LogP contribution is -2.44. The first-order valence-electron chi connectivity index (χ1n) is 7.85. The van der Waals surface area contributed by atoms with Crippen molar-refractivity contribution in [1.29, 1.82) is 0 Å². The molecule has 0 saturated carbocycles. The minimum atomic E-state index is -1.09. The van der Waals surface area contributed by atoms with E-state index in [1.165, 1.54) is 5.56 Å². The molecule has 0 spiro atoms. The van der Waals surface area contributed by atoms with Crippen molar-refractivity contribution in [2.45, 2.75) is 32.9 Å². The summed E-state index contributed by atoms with van der Waals surface area (Å²) in [6, 6.07) is 11.8. The maximum absolute atomic E-state index is 10.5. The van der Waals surface area contributed by atoms with E-state index in [1.54, 1.807) is 25.3 Å². The van der Waals surface area contributed by atoms with Crippen molar-refractivity contribution in [3.63, 3.8) is 0 Å². The van der Waals surface area contributed by atoms with Crippen LogP contribution in [0.1, 0.15) is 30.7 Å². The van der Waals surface area contributed by atoms with E-state index in [4.69, 9.17) is 4.42 Å². The van der Waals surface area contributed by atoms with Crippen LogP contribution >= 0.6 is 24.0 Å². The number of aliphatic hydroxyl groups is 1. The summed E-state index contributed by atoms with van der Waals surface area (Å²) in [5, 5.41) is 16.8. The van der Waals surface area contributed by atoms with Crippen LogP contribution in [0.15, 0.2) is 52.1 Å². The van der Waals surface area contributed by atoms with Gasteiger partial charge in [-0.2, -0.15) is 0 Å². The van der Waals surface area contributed by atoms with Gasteiger partial charge in [-0.05, 0) is 38.5 Å². The lowest BCUT2D eigenvalue weighted by Gasteiger charge is -2.22. The Balaban J connectivity index is 0.00000288. The van der Waals surface area contributed by atoms with Crippen molar-refractivity contribution in [1.82, 2.24) is 10.6 Å². The van der Waals surface area contributed by atoms with Crippen molar-refractivity contribution in [3.05, 3.63) is 59.5 Å². The Kier molecular flexibility index (Phi) is 8.27. The van der Waals surface area contributed by atoms with E-state index in [1.807, 2.05) is 13.0 Å². The van der Waals surface area contributed by atoms with E-state index in [0.717, 1.165) is 12.1 Å². The molecule has 0 saturated heterocycles. The van der Waals surface area contributed by atoms with Gasteiger partial charge in [0.05, 0.1) is 19.4 Å². The lowest BCUT2D eigenvalue weighted by atomic mass is 10.0. The molecule has 24 heavy (non-hydrogen) atoms. The van der Waals surface area contributed by atoms with Gasteiger partial charge >= 0.3 is 0 Å². The van der Waals surface area contributed by atoms with Crippen LogP contribution in [0.3, 0.4) is 0 Å². The summed E-state index contributed by atoms with van der Waals surface area (Å²) in [5.74, 6) is 1.19. The molecule has 5 nitrogen and oxygen atoms in total. The number of hydrogen-bond acceptors (Lipinski definition) is 3. The van der Waals surface area contributed by atoms with Gasteiger partial charge in [-0.25, -0.2) is 4.99 Å². The van der Waals surface area contributed by atoms with E-state index >= 15 is 0 Å². The molecule has 0 fully saturated rings. The highest BCUT2D eigenvalue weighted by molar-refractivity contribution is 14.0. The Bertz CT molecular complexity index is 639. The number of aryl methyl sites for hydroxylation is 1. The molecule has 0 bridgehead atoms. The number of aliphatic imine (C=N–C) groups is 1. The quantitative estimate of drug-likeness (QED) is 0.365. The van der Waals surface area contributed by atoms with Crippen molar-refractivity contribution in [2.75, 3.05) is 13.1 Å². The van der Waals surface area contributed by atoms with Gasteiger partial charge < -0.3 is 20.2 Å². The summed E-state index contributed by atoms with van der Waals surface area (Å²) in [5.41, 5.74) is 1.28. The molecule has 2 rings (SSSR count). The molecule has 6 heteroatoms. The summed E-state index contributed by atoms with van der Waals surface area (Å²) in [6.07, 6.45) is 1.56. The molecule has 2 aromatic rings. The van der Waals surface area contributed by atoms with E-state index in [9.17, 15) is 5.11 Å². The molecule has 0 aliphatic heterocycles. The van der Waals surface area contributed by atoms with Crippen LogP contribution in [0.4, 0.5) is 0 Å². The van der Waals surface area contributed by atoms with E-state index in [-0.39, 0.29) is 24.0 Å². The maximum Gasteiger partial charge on any atom is 0.191 e. The minimum absolute atomic E-state index is 0. The number of nitrogens with zero attached hydrogens (tertiary/aromatic N) is 1. The SMILES string of the molecule is CCNC(=NCc1cccc(C)c1)NCC(C)(O)c1ccco1.I. The predicted octanol–water partition coefficient (Wildman–Crippen LogP) is 3.17. The topological polar surface area (TPSA) is 69.8 Å². The molecule has 1 heterocycles. The number of furan rings is 1. The van der Waals surface area contributed by atoms with Gasteiger partial charge in [-0.1, -0.05) is 29.8 Å². The molecule has 1 atom stereocenters. The zero-order chi connectivity index (χ0) is 16.7. The third kappa shape index (κ3) is 6.16. The molecular weight excluding hydrogens is 417 g/mol. The third-order valence-corrected chi connectivity index (χ3v) is 3.50. The molecule has 0 aliphatic carbocycles. The van der Waals surface area contributed by atoms with E-state index in [2.05, 4.69) is 40.7 Å². The average Bonchev–Trinajstić information content (AvgIpc) is 3.05. The van der Waals surface area contributed by atoms with Crippen LogP contribution in [-0.2, 0) is 12.1 Å². The number of nitrogens with one attached hydrogen (secondary N) is 2. The molecule has 0 aliphatic rings. The number of rotatable bonds is 6. The number of halogens is 1. The maximum atomic E-state index is 10.5. The van der Waals surface area contributed by atoms with Crippen LogP contribution in [0.2, 0.25) is 0 Å². The Morgan fingerprint density at radius 1 is 1.25 bits per heavy atom. The van der Waals surface area contributed by atoms with Gasteiger partial charge in [-0.15, -0.1) is 24.0 Å². The summed E-state index contributed by atoms with van der Waals surface area (Å²) < 4.78 is 5.28. The largest absolute Gasteiger partial charge is 0.466 e. The molecule has 132 valence electrons. The molecular formula is C18H26IN3O2. The Hall–Kier alpha value is -1.54. The first-order valence-corrected chi connectivity index (χ1v) is 7.85. The first-order chi connectivity index (χ1) is 11.0. The van der Waals surface area contributed by atoms with Crippen molar-refractivity contribution < 1.29 is 9.52 Å². The molecule has 1 aromatic heterocycles. The van der Waals surface area contributed by atoms with Crippen LogP contribution < -0.4 is 10.6 Å². The summed E-state index contributed by atoms with van der Waals surface area (Å²) >= 11 is 0. The first kappa shape index (κ1) is 20.5. The fourth-order valence-electron chi connectivity index (χ4n) is 2.25. The van der Waals surface area contributed by atoms with Gasteiger partial charge in [0, 0.05) is 6.54 Å². The molecule has 0 radical (unpaired) electrons. The van der Waals surface area contributed by atoms with Gasteiger partial charge in [0.1, 0.15) is 11.4 Å². The molecule has 0 amide bonds. The van der Waals surface area contributed by atoms with Crippen molar-refractivity contribution >= 4 is 29.9 Å². The van der Waals surface area contributed by atoms with Gasteiger partial charge in [0.25, 0.3) is 0 Å². The monoisotopic (exact) mass is 443 g/mol. The van der Waals surface area contributed by atoms with Crippen molar-refractivity contribution in [3.8, 4) is 0 Å². The van der Waals surface area contributed by atoms with Crippen LogP contribution in [0.25, 0.3) is 0 Å². The normalized spacial score (nSPS) is 13.8. The van der Waals surface area contributed by atoms with Crippen LogP contribution in [0.5, 0.6) is 0 Å².